The molecule has 0 saturated carbocycles. The molecule has 116 valence electrons. The Kier molecular flexibility index (Phi) is 3.96. The number of anilines is 1. The van der Waals surface area contributed by atoms with Crippen molar-refractivity contribution in [3.05, 3.63) is 65.7 Å². The third kappa shape index (κ3) is 2.89. The van der Waals surface area contributed by atoms with E-state index in [0.29, 0.717) is 12.0 Å². The molecule has 0 bridgehead atoms. The van der Waals surface area contributed by atoms with Crippen molar-refractivity contribution >= 4 is 5.69 Å². The van der Waals surface area contributed by atoms with Gasteiger partial charge in [0.2, 0.25) is 0 Å². The van der Waals surface area contributed by atoms with Crippen molar-refractivity contribution in [1.82, 2.24) is 5.32 Å². The largest absolute Gasteiger partial charge is 0.378 e. The van der Waals surface area contributed by atoms with Crippen LogP contribution in [0.4, 0.5) is 5.69 Å². The topological polar surface area (TPSA) is 15.3 Å². The summed E-state index contributed by atoms with van der Waals surface area (Å²) < 4.78 is 0. The molecule has 1 N–H and O–H groups in total. The number of hydrogen-bond acceptors (Lipinski definition) is 2. The summed E-state index contributed by atoms with van der Waals surface area (Å²) in [4.78, 5) is 2.15. The standard InChI is InChI=1S/C20H26N2/c1-20(2)18(15-10-12-17(13-11-15)22(3)4)14-19(21-20)16-8-6-5-7-9-16/h5-13,18-19,21H,14H2,1-4H3. The summed E-state index contributed by atoms with van der Waals surface area (Å²) in [5, 5.41) is 3.82. The maximum Gasteiger partial charge on any atom is 0.0361 e. The lowest BCUT2D eigenvalue weighted by atomic mass is 9.82. The fraction of sp³-hybridized carbons (Fsp3) is 0.400. The Hall–Kier alpha value is -1.80. The van der Waals surface area contributed by atoms with Crippen LogP contribution in [0.1, 0.15) is 43.4 Å². The van der Waals surface area contributed by atoms with E-state index >= 15 is 0 Å². The summed E-state index contributed by atoms with van der Waals surface area (Å²) in [5.41, 5.74) is 4.19. The van der Waals surface area contributed by atoms with Crippen molar-refractivity contribution in [1.29, 1.82) is 0 Å². The highest BCUT2D eigenvalue weighted by atomic mass is 15.1. The number of hydrogen-bond donors (Lipinski definition) is 1. The number of nitrogens with zero attached hydrogens (tertiary/aromatic N) is 1. The highest BCUT2D eigenvalue weighted by Crippen LogP contribution is 2.43. The molecule has 1 heterocycles. The first-order valence-electron chi connectivity index (χ1n) is 8.07. The van der Waals surface area contributed by atoms with Crippen LogP contribution in [0.3, 0.4) is 0 Å². The van der Waals surface area contributed by atoms with Crippen molar-refractivity contribution in [2.75, 3.05) is 19.0 Å². The molecule has 1 aliphatic heterocycles. The average molecular weight is 294 g/mol. The second-order valence-electron chi connectivity index (χ2n) is 7.10. The molecular formula is C20H26N2. The molecule has 1 aliphatic rings. The summed E-state index contributed by atoms with van der Waals surface area (Å²) >= 11 is 0. The van der Waals surface area contributed by atoms with Gasteiger partial charge in [-0.1, -0.05) is 42.5 Å². The van der Waals surface area contributed by atoms with E-state index in [9.17, 15) is 0 Å². The third-order valence-corrected chi connectivity index (χ3v) is 4.90. The molecule has 0 radical (unpaired) electrons. The molecule has 2 atom stereocenters. The molecule has 0 spiro atoms. The lowest BCUT2D eigenvalue weighted by Gasteiger charge is -2.28. The zero-order valence-corrected chi connectivity index (χ0v) is 14.0. The van der Waals surface area contributed by atoms with E-state index in [0.717, 1.165) is 6.42 Å². The molecule has 1 fully saturated rings. The van der Waals surface area contributed by atoms with Crippen LogP contribution in [-0.4, -0.2) is 19.6 Å². The number of nitrogens with one attached hydrogen (secondary N) is 1. The van der Waals surface area contributed by atoms with Crippen LogP contribution >= 0.6 is 0 Å². The second kappa shape index (κ2) is 5.77. The Labute approximate surface area is 134 Å². The lowest BCUT2D eigenvalue weighted by Crippen LogP contribution is -2.37. The van der Waals surface area contributed by atoms with Gasteiger partial charge in [-0.2, -0.15) is 0 Å². The quantitative estimate of drug-likeness (QED) is 0.905. The first kappa shape index (κ1) is 15.1. The summed E-state index contributed by atoms with van der Waals surface area (Å²) in [5.74, 6) is 0.536. The molecule has 2 aromatic carbocycles. The fourth-order valence-corrected chi connectivity index (χ4v) is 3.60. The predicted molar refractivity (Wildman–Crippen MR) is 94.5 cm³/mol. The second-order valence-corrected chi connectivity index (χ2v) is 7.10. The van der Waals surface area contributed by atoms with E-state index in [1.54, 1.807) is 0 Å². The van der Waals surface area contributed by atoms with Gasteiger partial charge in [0.05, 0.1) is 0 Å². The van der Waals surface area contributed by atoms with Crippen molar-refractivity contribution in [2.45, 2.75) is 37.8 Å². The first-order chi connectivity index (χ1) is 10.5. The summed E-state index contributed by atoms with van der Waals surface area (Å²) in [6.45, 7) is 4.64. The summed E-state index contributed by atoms with van der Waals surface area (Å²) in [6, 6.07) is 20.3. The normalized spacial score (nSPS) is 23.5. The van der Waals surface area contributed by atoms with Gasteiger partial charge < -0.3 is 10.2 Å². The van der Waals surface area contributed by atoms with Crippen LogP contribution in [0.15, 0.2) is 54.6 Å². The van der Waals surface area contributed by atoms with Gasteiger partial charge in [-0.05, 0) is 43.5 Å². The SMILES string of the molecule is CN(C)c1ccc(C2CC(c3ccccc3)NC2(C)C)cc1. The summed E-state index contributed by atoms with van der Waals surface area (Å²) in [6.07, 6.45) is 1.15. The highest BCUT2D eigenvalue weighted by molar-refractivity contribution is 5.47. The zero-order valence-electron chi connectivity index (χ0n) is 14.0. The van der Waals surface area contributed by atoms with Crippen LogP contribution in [-0.2, 0) is 0 Å². The van der Waals surface area contributed by atoms with Crippen LogP contribution in [0.2, 0.25) is 0 Å². The molecule has 3 rings (SSSR count). The van der Waals surface area contributed by atoms with Gasteiger partial charge >= 0.3 is 0 Å². The van der Waals surface area contributed by atoms with E-state index < -0.39 is 0 Å². The number of rotatable bonds is 3. The molecule has 1 saturated heterocycles. The fourth-order valence-electron chi connectivity index (χ4n) is 3.60. The first-order valence-corrected chi connectivity index (χ1v) is 8.07. The van der Waals surface area contributed by atoms with Gasteiger partial charge in [-0.25, -0.2) is 0 Å². The Morgan fingerprint density at radius 2 is 1.55 bits per heavy atom. The smallest absolute Gasteiger partial charge is 0.0361 e. The summed E-state index contributed by atoms with van der Waals surface area (Å²) in [7, 11) is 4.17. The monoisotopic (exact) mass is 294 g/mol. The minimum absolute atomic E-state index is 0.111. The number of benzene rings is 2. The molecule has 2 heteroatoms. The van der Waals surface area contributed by atoms with E-state index in [4.69, 9.17) is 0 Å². The zero-order chi connectivity index (χ0) is 15.7. The predicted octanol–water partition coefficient (Wildman–Crippen LogP) is 4.35. The van der Waals surface area contributed by atoms with E-state index in [1.807, 2.05) is 0 Å². The molecule has 22 heavy (non-hydrogen) atoms. The van der Waals surface area contributed by atoms with Crippen LogP contribution < -0.4 is 10.2 Å². The molecule has 0 amide bonds. The highest BCUT2D eigenvalue weighted by Gasteiger charge is 2.40. The van der Waals surface area contributed by atoms with Crippen molar-refractivity contribution < 1.29 is 0 Å². The van der Waals surface area contributed by atoms with Gasteiger partial charge in [0, 0.05) is 37.3 Å². The molecule has 2 aromatic rings. The van der Waals surface area contributed by atoms with Crippen molar-refractivity contribution in [2.24, 2.45) is 0 Å². The van der Waals surface area contributed by atoms with Gasteiger partial charge in [0.15, 0.2) is 0 Å². The van der Waals surface area contributed by atoms with Gasteiger partial charge in [-0.3, -0.25) is 0 Å². The lowest BCUT2D eigenvalue weighted by molar-refractivity contribution is 0.397. The Morgan fingerprint density at radius 3 is 2.14 bits per heavy atom. The van der Waals surface area contributed by atoms with E-state index in [2.05, 4.69) is 92.8 Å². The van der Waals surface area contributed by atoms with Gasteiger partial charge in [-0.15, -0.1) is 0 Å². The maximum atomic E-state index is 3.82. The Balaban J connectivity index is 1.84. The van der Waals surface area contributed by atoms with Crippen LogP contribution in [0.5, 0.6) is 0 Å². The maximum absolute atomic E-state index is 3.82. The molecule has 2 nitrogen and oxygen atoms in total. The van der Waals surface area contributed by atoms with E-state index in [-0.39, 0.29) is 5.54 Å². The average Bonchev–Trinajstić information content (AvgIpc) is 2.84. The van der Waals surface area contributed by atoms with Crippen LogP contribution in [0, 0.1) is 0 Å². The van der Waals surface area contributed by atoms with Gasteiger partial charge in [0.1, 0.15) is 0 Å². The Morgan fingerprint density at radius 1 is 0.909 bits per heavy atom. The van der Waals surface area contributed by atoms with Crippen molar-refractivity contribution in [3.8, 4) is 0 Å². The molecule has 0 aromatic heterocycles. The molecule has 0 aliphatic carbocycles. The Bertz CT molecular complexity index is 614. The molecular weight excluding hydrogens is 268 g/mol. The molecule has 2 unspecified atom stereocenters. The van der Waals surface area contributed by atoms with Crippen molar-refractivity contribution in [3.63, 3.8) is 0 Å². The van der Waals surface area contributed by atoms with E-state index in [1.165, 1.54) is 16.8 Å². The minimum atomic E-state index is 0.111. The van der Waals surface area contributed by atoms with Gasteiger partial charge in [0.25, 0.3) is 0 Å². The third-order valence-electron chi connectivity index (χ3n) is 4.90. The minimum Gasteiger partial charge on any atom is -0.378 e. The van der Waals surface area contributed by atoms with Crippen LogP contribution in [0.25, 0.3) is 0 Å².